The van der Waals surface area contributed by atoms with E-state index in [9.17, 15) is 0 Å². The van der Waals surface area contributed by atoms with Crippen molar-refractivity contribution < 1.29 is 0 Å². The number of aliphatic imine (C=N–C) groups is 1. The Morgan fingerprint density at radius 2 is 1.56 bits per heavy atom. The molecule has 0 radical (unpaired) electrons. The molecule has 3 aromatic carbocycles. The van der Waals surface area contributed by atoms with Crippen LogP contribution in [-0.4, -0.2) is 15.9 Å². The van der Waals surface area contributed by atoms with Crippen molar-refractivity contribution in [2.24, 2.45) is 16.5 Å². The van der Waals surface area contributed by atoms with Gasteiger partial charge in [-0.3, -0.25) is 0 Å². The molecule has 0 aliphatic rings. The Morgan fingerprint density at radius 1 is 0.824 bits per heavy atom. The standard InChI is InChI=1S/C28H26BrN5/c29-23-14-9-21(10-15-23)11-18-27-32-25(8-4-7-20-5-2-1-3-6-20)19-26(34-27)22-12-16-24(17-13-22)33-28(30)31/h1-3,5-6,9-19H,4,7-8H2,(H4,30,31,33)/b18-11+. The van der Waals surface area contributed by atoms with Gasteiger partial charge in [0.15, 0.2) is 11.8 Å². The number of benzene rings is 3. The van der Waals surface area contributed by atoms with E-state index in [2.05, 4.69) is 51.3 Å². The highest BCUT2D eigenvalue weighted by Crippen LogP contribution is 2.23. The van der Waals surface area contributed by atoms with Crippen LogP contribution in [0.1, 0.15) is 29.1 Å². The number of aromatic nitrogens is 2. The first-order valence-corrected chi connectivity index (χ1v) is 11.9. The van der Waals surface area contributed by atoms with Gasteiger partial charge < -0.3 is 11.5 Å². The second-order valence-electron chi connectivity index (χ2n) is 7.91. The number of halogens is 1. The predicted octanol–water partition coefficient (Wildman–Crippen LogP) is 6.16. The highest BCUT2D eigenvalue weighted by molar-refractivity contribution is 9.10. The van der Waals surface area contributed by atoms with E-state index in [-0.39, 0.29) is 5.96 Å². The molecule has 0 atom stereocenters. The zero-order valence-electron chi connectivity index (χ0n) is 18.7. The van der Waals surface area contributed by atoms with Crippen LogP contribution in [0.3, 0.4) is 0 Å². The molecule has 0 saturated carbocycles. The summed E-state index contributed by atoms with van der Waals surface area (Å²) in [6, 6.07) is 28.4. The normalized spacial score (nSPS) is 11.0. The van der Waals surface area contributed by atoms with Gasteiger partial charge >= 0.3 is 0 Å². The minimum absolute atomic E-state index is 0.0378. The lowest BCUT2D eigenvalue weighted by Gasteiger charge is -2.08. The van der Waals surface area contributed by atoms with E-state index < -0.39 is 0 Å². The summed E-state index contributed by atoms with van der Waals surface area (Å²) in [6.07, 6.45) is 6.88. The molecule has 0 amide bonds. The highest BCUT2D eigenvalue weighted by Gasteiger charge is 2.07. The molecule has 170 valence electrons. The zero-order chi connectivity index (χ0) is 23.8. The average molecular weight is 512 g/mol. The summed E-state index contributed by atoms with van der Waals surface area (Å²) in [5.41, 5.74) is 17.0. The van der Waals surface area contributed by atoms with Crippen molar-refractivity contribution in [1.29, 1.82) is 0 Å². The van der Waals surface area contributed by atoms with Gasteiger partial charge in [-0.2, -0.15) is 0 Å². The third kappa shape index (κ3) is 6.86. The summed E-state index contributed by atoms with van der Waals surface area (Å²) in [7, 11) is 0. The third-order valence-electron chi connectivity index (χ3n) is 5.25. The van der Waals surface area contributed by atoms with Crippen LogP contribution in [0, 0.1) is 0 Å². The number of guanidine groups is 1. The molecule has 0 unspecified atom stereocenters. The topological polar surface area (TPSA) is 90.2 Å². The number of rotatable bonds is 8. The van der Waals surface area contributed by atoms with Crippen LogP contribution >= 0.6 is 15.9 Å². The van der Waals surface area contributed by atoms with Gasteiger partial charge in [0.2, 0.25) is 0 Å². The molecular weight excluding hydrogens is 486 g/mol. The van der Waals surface area contributed by atoms with Crippen molar-refractivity contribution in [3.63, 3.8) is 0 Å². The van der Waals surface area contributed by atoms with E-state index in [1.165, 1.54) is 5.56 Å². The van der Waals surface area contributed by atoms with Crippen molar-refractivity contribution in [2.75, 3.05) is 0 Å². The average Bonchev–Trinajstić information content (AvgIpc) is 2.84. The molecule has 0 aliphatic carbocycles. The Kier molecular flexibility index (Phi) is 7.83. The fraction of sp³-hybridized carbons (Fsp3) is 0.107. The minimum atomic E-state index is 0.0378. The van der Waals surface area contributed by atoms with Gasteiger partial charge in [0.1, 0.15) is 0 Å². The molecule has 4 N–H and O–H groups in total. The van der Waals surface area contributed by atoms with Crippen LogP contribution in [0.4, 0.5) is 5.69 Å². The quantitative estimate of drug-likeness (QED) is 0.219. The second kappa shape index (κ2) is 11.4. The molecular formula is C28H26BrN5. The van der Waals surface area contributed by atoms with Crippen LogP contribution in [0.5, 0.6) is 0 Å². The molecule has 0 bridgehead atoms. The van der Waals surface area contributed by atoms with Gasteiger partial charge in [-0.15, -0.1) is 0 Å². The molecule has 6 heteroatoms. The molecule has 0 aliphatic heterocycles. The van der Waals surface area contributed by atoms with Crippen molar-refractivity contribution in [3.05, 3.63) is 112 Å². The molecule has 0 fully saturated rings. The molecule has 0 spiro atoms. The van der Waals surface area contributed by atoms with Crippen molar-refractivity contribution in [1.82, 2.24) is 9.97 Å². The molecule has 5 nitrogen and oxygen atoms in total. The van der Waals surface area contributed by atoms with Crippen LogP contribution in [0.15, 0.2) is 94.4 Å². The van der Waals surface area contributed by atoms with E-state index in [0.29, 0.717) is 11.5 Å². The first-order valence-electron chi connectivity index (χ1n) is 11.1. The van der Waals surface area contributed by atoms with E-state index in [4.69, 9.17) is 21.4 Å². The fourth-order valence-corrected chi connectivity index (χ4v) is 3.85. The molecule has 34 heavy (non-hydrogen) atoms. The molecule has 4 aromatic rings. The van der Waals surface area contributed by atoms with Gasteiger partial charge in [0, 0.05) is 15.7 Å². The Labute approximate surface area is 208 Å². The van der Waals surface area contributed by atoms with Crippen molar-refractivity contribution >= 4 is 39.7 Å². The van der Waals surface area contributed by atoms with E-state index >= 15 is 0 Å². The third-order valence-corrected chi connectivity index (χ3v) is 5.78. The highest BCUT2D eigenvalue weighted by atomic mass is 79.9. The van der Waals surface area contributed by atoms with E-state index in [1.54, 1.807) is 0 Å². The van der Waals surface area contributed by atoms with Crippen LogP contribution < -0.4 is 11.5 Å². The van der Waals surface area contributed by atoms with Gasteiger partial charge in [-0.1, -0.05) is 76.6 Å². The second-order valence-corrected chi connectivity index (χ2v) is 8.83. The Hall–Kier alpha value is -3.77. The lowest BCUT2D eigenvalue weighted by Crippen LogP contribution is -2.21. The molecule has 0 saturated heterocycles. The Morgan fingerprint density at radius 3 is 2.26 bits per heavy atom. The molecule has 4 rings (SSSR count). The van der Waals surface area contributed by atoms with Gasteiger partial charge in [0.25, 0.3) is 0 Å². The van der Waals surface area contributed by atoms with Gasteiger partial charge in [-0.05, 0) is 66.8 Å². The van der Waals surface area contributed by atoms with Crippen LogP contribution in [0.25, 0.3) is 23.4 Å². The zero-order valence-corrected chi connectivity index (χ0v) is 20.3. The minimum Gasteiger partial charge on any atom is -0.370 e. The lowest BCUT2D eigenvalue weighted by molar-refractivity contribution is 0.794. The van der Waals surface area contributed by atoms with Gasteiger partial charge in [0.05, 0.1) is 11.4 Å². The SMILES string of the molecule is NC(N)=Nc1ccc(-c2cc(CCCc3ccccc3)nc(/C=C/c3ccc(Br)cc3)n2)cc1. The number of nitrogens with two attached hydrogens (primary N) is 2. The summed E-state index contributed by atoms with van der Waals surface area (Å²) in [4.78, 5) is 13.7. The van der Waals surface area contributed by atoms with Gasteiger partial charge in [-0.25, -0.2) is 15.0 Å². The number of hydrogen-bond acceptors (Lipinski definition) is 3. The van der Waals surface area contributed by atoms with Crippen molar-refractivity contribution in [2.45, 2.75) is 19.3 Å². The number of aryl methyl sites for hydroxylation is 2. The summed E-state index contributed by atoms with van der Waals surface area (Å²) in [5.74, 6) is 0.722. The number of nitrogens with zero attached hydrogens (tertiary/aromatic N) is 3. The maximum Gasteiger partial charge on any atom is 0.191 e. The Bertz CT molecular complexity index is 1280. The first kappa shape index (κ1) is 23.4. The summed E-state index contributed by atoms with van der Waals surface area (Å²) >= 11 is 3.47. The maximum atomic E-state index is 5.49. The lowest BCUT2D eigenvalue weighted by atomic mass is 10.1. The largest absolute Gasteiger partial charge is 0.370 e. The Balaban J connectivity index is 1.59. The van der Waals surface area contributed by atoms with Crippen LogP contribution in [-0.2, 0) is 12.8 Å². The maximum absolute atomic E-state index is 5.49. The predicted molar refractivity (Wildman–Crippen MR) is 144 cm³/mol. The summed E-state index contributed by atoms with van der Waals surface area (Å²) < 4.78 is 1.05. The smallest absolute Gasteiger partial charge is 0.191 e. The summed E-state index contributed by atoms with van der Waals surface area (Å²) in [5, 5.41) is 0. The molecule has 1 aromatic heterocycles. The van der Waals surface area contributed by atoms with Crippen molar-refractivity contribution in [3.8, 4) is 11.3 Å². The first-order chi connectivity index (χ1) is 16.5. The number of hydrogen-bond donors (Lipinski definition) is 2. The fourth-order valence-electron chi connectivity index (χ4n) is 3.59. The monoisotopic (exact) mass is 511 g/mol. The summed E-state index contributed by atoms with van der Waals surface area (Å²) in [6.45, 7) is 0. The van der Waals surface area contributed by atoms with E-state index in [0.717, 1.165) is 46.2 Å². The van der Waals surface area contributed by atoms with E-state index in [1.807, 2.05) is 66.7 Å². The molecule has 1 heterocycles. The van der Waals surface area contributed by atoms with Crippen LogP contribution in [0.2, 0.25) is 0 Å².